The lowest BCUT2D eigenvalue weighted by atomic mass is 9.97. The quantitative estimate of drug-likeness (QED) is 0.502. The maximum atomic E-state index is 13.5. The maximum Gasteiger partial charge on any atom is 0.471 e. The summed E-state index contributed by atoms with van der Waals surface area (Å²) in [5.41, 5.74) is -0.385. The van der Waals surface area contributed by atoms with Crippen molar-refractivity contribution >= 4 is 0 Å². The number of para-hydroxylation sites is 1. The number of benzene rings is 1. The maximum absolute atomic E-state index is 13.5. The normalized spacial score (nSPS) is 15.0. The first-order valence-electron chi connectivity index (χ1n) is 6.44. The smallest absolute Gasteiger partial charge is 0.428 e. The predicted octanol–water partition coefficient (Wildman–Crippen LogP) is 6.07. The molecule has 0 spiro atoms. The molecule has 1 aromatic carbocycles. The molecule has 0 heterocycles. The van der Waals surface area contributed by atoms with E-state index < -0.39 is 41.7 Å². The molecular formula is C13H7F13O. The fourth-order valence-electron chi connectivity index (χ4n) is 1.63. The van der Waals surface area contributed by atoms with Crippen molar-refractivity contribution in [2.24, 2.45) is 0 Å². The molecule has 0 aromatic heterocycles. The van der Waals surface area contributed by atoms with Crippen LogP contribution in [-0.4, -0.2) is 36.0 Å². The molecule has 0 bridgehead atoms. The zero-order valence-electron chi connectivity index (χ0n) is 12.6. The van der Waals surface area contributed by atoms with Crippen LogP contribution in [0.4, 0.5) is 57.1 Å². The van der Waals surface area contributed by atoms with Crippen LogP contribution in [0.1, 0.15) is 5.56 Å². The Bertz CT molecular complexity index is 677. The molecule has 1 nitrogen and oxygen atoms in total. The molecular weight excluding hydrogens is 419 g/mol. The second-order valence-corrected chi connectivity index (χ2v) is 5.18. The van der Waals surface area contributed by atoms with Crippen molar-refractivity contribution in [1.29, 1.82) is 0 Å². The number of ether oxygens (including phenoxy) is 1. The summed E-state index contributed by atoms with van der Waals surface area (Å²) < 4.78 is 171. The predicted molar refractivity (Wildman–Crippen MR) is 62.6 cm³/mol. The second kappa shape index (κ2) is 6.33. The average molecular weight is 426 g/mol. The van der Waals surface area contributed by atoms with E-state index in [1.807, 2.05) is 0 Å². The van der Waals surface area contributed by atoms with Crippen LogP contribution < -0.4 is 4.74 Å². The summed E-state index contributed by atoms with van der Waals surface area (Å²) in [7, 11) is 0. The Hall–Kier alpha value is -1.89. The third kappa shape index (κ3) is 3.37. The minimum absolute atomic E-state index is 0.385. The van der Waals surface area contributed by atoms with Gasteiger partial charge in [-0.25, -0.2) is 0 Å². The van der Waals surface area contributed by atoms with Crippen molar-refractivity contribution in [3.63, 3.8) is 0 Å². The van der Waals surface area contributed by atoms with Gasteiger partial charge in [0.15, 0.2) is 0 Å². The second-order valence-electron chi connectivity index (χ2n) is 5.18. The highest BCUT2D eigenvalue weighted by molar-refractivity contribution is 5.32. The summed E-state index contributed by atoms with van der Waals surface area (Å²) >= 11 is 0. The first-order valence-corrected chi connectivity index (χ1v) is 6.44. The molecule has 0 atom stereocenters. The van der Waals surface area contributed by atoms with Crippen LogP contribution in [0.5, 0.6) is 5.75 Å². The van der Waals surface area contributed by atoms with Gasteiger partial charge in [0.25, 0.3) is 0 Å². The van der Waals surface area contributed by atoms with E-state index in [9.17, 15) is 57.1 Å². The molecule has 0 unspecified atom stereocenters. The zero-order chi connectivity index (χ0) is 21.7. The Morgan fingerprint density at radius 2 is 1.00 bits per heavy atom. The summed E-state index contributed by atoms with van der Waals surface area (Å²) in [6.45, 7) is 0.939. The molecule has 0 saturated carbocycles. The van der Waals surface area contributed by atoms with Crippen molar-refractivity contribution in [1.82, 2.24) is 0 Å². The standard InChI is InChI=1S/C13H7F13O/c1-6-4-2-3-5-7(6)27-13(25,26)11(20,21)9(16,17)8(14,15)10(18,19)12(22,23)24/h2-5H,1H3. The van der Waals surface area contributed by atoms with Gasteiger partial charge in [-0.2, -0.15) is 57.1 Å². The molecule has 27 heavy (non-hydrogen) atoms. The fourth-order valence-corrected chi connectivity index (χ4v) is 1.63. The monoisotopic (exact) mass is 426 g/mol. The van der Waals surface area contributed by atoms with Gasteiger partial charge in [-0.05, 0) is 18.6 Å². The van der Waals surface area contributed by atoms with E-state index in [-0.39, 0.29) is 5.56 Å². The van der Waals surface area contributed by atoms with Gasteiger partial charge in [-0.1, -0.05) is 18.2 Å². The molecule has 0 aliphatic rings. The molecule has 0 radical (unpaired) electrons. The van der Waals surface area contributed by atoms with Crippen LogP contribution in [0, 0.1) is 6.92 Å². The first-order chi connectivity index (χ1) is 11.7. The van der Waals surface area contributed by atoms with E-state index in [4.69, 9.17) is 0 Å². The van der Waals surface area contributed by atoms with Gasteiger partial charge in [0.2, 0.25) is 0 Å². The van der Waals surface area contributed by atoms with Gasteiger partial charge in [0, 0.05) is 0 Å². The Morgan fingerprint density at radius 3 is 1.41 bits per heavy atom. The lowest BCUT2D eigenvalue weighted by Gasteiger charge is -2.39. The van der Waals surface area contributed by atoms with E-state index in [1.165, 1.54) is 0 Å². The molecule has 0 aliphatic heterocycles. The van der Waals surface area contributed by atoms with Crippen molar-refractivity contribution in [2.45, 2.75) is 42.9 Å². The minimum atomic E-state index is -7.94. The Labute approximate surface area is 141 Å². The molecule has 0 N–H and O–H groups in total. The molecule has 14 heteroatoms. The van der Waals surface area contributed by atoms with Crippen molar-refractivity contribution in [3.8, 4) is 5.75 Å². The van der Waals surface area contributed by atoms with Crippen LogP contribution in [-0.2, 0) is 0 Å². The van der Waals surface area contributed by atoms with Crippen molar-refractivity contribution in [3.05, 3.63) is 29.8 Å². The van der Waals surface area contributed by atoms with Gasteiger partial charge in [0.05, 0.1) is 0 Å². The summed E-state index contributed by atoms with van der Waals surface area (Å²) in [4.78, 5) is 0. The van der Waals surface area contributed by atoms with Gasteiger partial charge in [0.1, 0.15) is 5.75 Å². The molecule has 1 rings (SSSR count). The Balaban J connectivity index is 3.43. The summed E-state index contributed by atoms with van der Waals surface area (Å²) in [6, 6.07) is 3.47. The van der Waals surface area contributed by atoms with Crippen LogP contribution in [0.2, 0.25) is 0 Å². The van der Waals surface area contributed by atoms with Crippen LogP contribution >= 0.6 is 0 Å². The van der Waals surface area contributed by atoms with E-state index in [2.05, 4.69) is 4.74 Å². The topological polar surface area (TPSA) is 9.23 Å². The largest absolute Gasteiger partial charge is 0.471 e. The molecule has 0 saturated heterocycles. The SMILES string of the molecule is Cc1ccccc1OC(F)(F)C(F)(F)C(F)(F)C(F)(F)C(F)(F)C(F)(F)F. The summed E-state index contributed by atoms with van der Waals surface area (Å²) in [6.07, 6.45) is -14.0. The molecule has 1 aromatic rings. The van der Waals surface area contributed by atoms with Gasteiger partial charge in [-0.15, -0.1) is 0 Å². The van der Waals surface area contributed by atoms with Crippen LogP contribution in [0.15, 0.2) is 24.3 Å². The number of rotatable bonds is 6. The highest BCUT2D eigenvalue weighted by Crippen LogP contribution is 2.60. The lowest BCUT2D eigenvalue weighted by Crippen LogP contribution is -2.70. The summed E-state index contributed by atoms with van der Waals surface area (Å²) in [5.74, 6) is -32.3. The van der Waals surface area contributed by atoms with E-state index in [1.54, 1.807) is 0 Å². The van der Waals surface area contributed by atoms with Crippen LogP contribution in [0.25, 0.3) is 0 Å². The van der Waals surface area contributed by atoms with Gasteiger partial charge < -0.3 is 4.74 Å². The minimum Gasteiger partial charge on any atom is -0.428 e. The van der Waals surface area contributed by atoms with E-state index in [0.29, 0.717) is 6.07 Å². The van der Waals surface area contributed by atoms with Crippen molar-refractivity contribution < 1.29 is 61.8 Å². The fraction of sp³-hybridized carbons (Fsp3) is 0.538. The number of alkyl halides is 13. The average Bonchev–Trinajstić information content (AvgIpc) is 2.47. The van der Waals surface area contributed by atoms with Gasteiger partial charge >= 0.3 is 36.0 Å². The number of aryl methyl sites for hydroxylation is 1. The molecule has 0 fully saturated rings. The lowest BCUT2D eigenvalue weighted by molar-refractivity contribution is -0.456. The molecule has 0 aliphatic carbocycles. The number of hydrogen-bond donors (Lipinski definition) is 0. The number of halogens is 13. The summed E-state index contributed by atoms with van der Waals surface area (Å²) in [5, 5.41) is 0. The first kappa shape index (κ1) is 23.1. The van der Waals surface area contributed by atoms with Gasteiger partial charge in [-0.3, -0.25) is 0 Å². The Morgan fingerprint density at radius 1 is 0.593 bits per heavy atom. The third-order valence-electron chi connectivity index (χ3n) is 3.24. The highest BCUT2D eigenvalue weighted by atomic mass is 19.4. The van der Waals surface area contributed by atoms with Crippen LogP contribution in [0.3, 0.4) is 0 Å². The molecule has 156 valence electrons. The van der Waals surface area contributed by atoms with E-state index >= 15 is 0 Å². The molecule has 0 amide bonds. The zero-order valence-corrected chi connectivity index (χ0v) is 12.6. The highest BCUT2D eigenvalue weighted by Gasteiger charge is 2.91. The third-order valence-corrected chi connectivity index (χ3v) is 3.24. The van der Waals surface area contributed by atoms with Crippen molar-refractivity contribution in [2.75, 3.05) is 0 Å². The number of hydrogen-bond acceptors (Lipinski definition) is 1. The Kier molecular flexibility index (Phi) is 5.43. The van der Waals surface area contributed by atoms with E-state index in [0.717, 1.165) is 25.1 Å².